The van der Waals surface area contributed by atoms with Crippen molar-refractivity contribution in [1.29, 1.82) is 0 Å². The van der Waals surface area contributed by atoms with Crippen LogP contribution in [0, 0.1) is 5.92 Å². The largest absolute Gasteiger partial charge is 0.760 e. The van der Waals surface area contributed by atoms with Crippen LogP contribution in [-0.2, 0) is 11.3 Å². The second-order valence-electron chi connectivity index (χ2n) is 2.23. The van der Waals surface area contributed by atoms with Crippen molar-refractivity contribution in [3.05, 3.63) is 0 Å². The summed E-state index contributed by atoms with van der Waals surface area (Å²) in [5, 5.41) is 4.03. The molecule has 72 valence electrons. The van der Waals surface area contributed by atoms with Crippen LogP contribution in [-0.4, -0.2) is 15.3 Å². The van der Waals surface area contributed by atoms with Crippen LogP contribution in [0.1, 0.15) is 20.3 Å². The molecule has 6 heteroatoms. The molecule has 0 aromatic rings. The number of halogens is 1. The highest BCUT2D eigenvalue weighted by Gasteiger charge is 1.85. The minimum absolute atomic E-state index is 0. The molecule has 0 aromatic carbocycles. The van der Waals surface area contributed by atoms with Crippen LogP contribution in [0.4, 0.5) is 0 Å². The molecule has 0 aliphatic carbocycles. The summed E-state index contributed by atoms with van der Waals surface area (Å²) in [5.41, 5.74) is 5.23. The third-order valence-electron chi connectivity index (χ3n) is 0.744. The van der Waals surface area contributed by atoms with E-state index in [1.807, 2.05) is 0 Å². The molecule has 0 aliphatic rings. The first-order valence-electron chi connectivity index (χ1n) is 3.04. The minimum atomic E-state index is -2.36. The Hall–Kier alpha value is 0.320. The quantitative estimate of drug-likeness (QED) is 0.626. The number of hydrogen-bond acceptors (Lipinski definition) is 3. The van der Waals surface area contributed by atoms with Crippen LogP contribution in [0.25, 0.3) is 0 Å². The van der Waals surface area contributed by atoms with Crippen molar-refractivity contribution >= 4 is 23.7 Å². The van der Waals surface area contributed by atoms with Gasteiger partial charge in [0, 0.05) is 11.3 Å². The highest BCUT2D eigenvalue weighted by Crippen LogP contribution is 1.93. The Morgan fingerprint density at radius 2 is 1.82 bits per heavy atom. The molecule has 0 rings (SSSR count). The van der Waals surface area contributed by atoms with E-state index in [2.05, 4.69) is 19.0 Å². The van der Waals surface area contributed by atoms with Crippen molar-refractivity contribution in [2.45, 2.75) is 20.3 Å². The normalized spacial score (nSPS) is 11.1. The summed E-state index contributed by atoms with van der Waals surface area (Å²) < 4.78 is 17.6. The Balaban J connectivity index is -0.000000114. The Morgan fingerprint density at radius 3 is 1.82 bits per heavy atom. The maximum absolute atomic E-state index is 8.78. The molecule has 0 saturated carbocycles. The van der Waals surface area contributed by atoms with Crippen molar-refractivity contribution in [3.63, 3.8) is 0 Å². The summed E-state index contributed by atoms with van der Waals surface area (Å²) in [5.74, 6) is 0.773. The number of rotatable bonds is 2. The van der Waals surface area contributed by atoms with Gasteiger partial charge in [-0.05, 0) is 18.9 Å². The van der Waals surface area contributed by atoms with Crippen LogP contribution in [0.5, 0.6) is 0 Å². The Morgan fingerprint density at radius 1 is 1.55 bits per heavy atom. The molecule has 1 unspecified atom stereocenters. The highest BCUT2D eigenvalue weighted by atomic mass is 35.5. The lowest BCUT2D eigenvalue weighted by Gasteiger charge is -1.96. The van der Waals surface area contributed by atoms with E-state index in [1.54, 1.807) is 0 Å². The first-order valence-corrected chi connectivity index (χ1v) is 4.18. The van der Waals surface area contributed by atoms with Gasteiger partial charge in [0.1, 0.15) is 0 Å². The van der Waals surface area contributed by atoms with E-state index in [4.69, 9.17) is 14.5 Å². The molecule has 0 amide bonds. The third kappa shape index (κ3) is 64.8. The molecule has 0 heterocycles. The van der Waals surface area contributed by atoms with Crippen molar-refractivity contribution in [1.82, 2.24) is 0 Å². The highest BCUT2D eigenvalue weighted by molar-refractivity contribution is 7.76. The molecule has 0 fully saturated rings. The maximum Gasteiger partial charge on any atom is 0.0152 e. The lowest BCUT2D eigenvalue weighted by molar-refractivity contribution is 0.539. The summed E-state index contributed by atoms with van der Waals surface area (Å²) in [6, 6.07) is 0. The standard InChI is InChI=1S/C5H13N.ClH.H3NO2S/c1-5(2)3-4-6;;1-4(2)3/h5H,3-4,6H2,1-2H3;1H;1H2,(H,2,3)/p-1. The topological polar surface area (TPSA) is 92.2 Å². The molecule has 0 aromatic heterocycles. The molecule has 11 heavy (non-hydrogen) atoms. The van der Waals surface area contributed by atoms with Gasteiger partial charge in [-0.2, -0.15) is 0 Å². The van der Waals surface area contributed by atoms with Gasteiger partial charge in [-0.25, -0.2) is 0 Å². The first kappa shape index (κ1) is 17.4. The average molecular weight is 204 g/mol. The molecule has 0 bridgehead atoms. The van der Waals surface area contributed by atoms with Gasteiger partial charge in [-0.15, -0.1) is 12.4 Å². The van der Waals surface area contributed by atoms with Gasteiger partial charge in [-0.1, -0.05) is 13.8 Å². The predicted molar refractivity (Wildman–Crippen MR) is 48.9 cm³/mol. The van der Waals surface area contributed by atoms with E-state index >= 15 is 0 Å². The van der Waals surface area contributed by atoms with Crippen LogP contribution < -0.4 is 10.9 Å². The van der Waals surface area contributed by atoms with Crippen molar-refractivity contribution in [2.75, 3.05) is 6.54 Å². The van der Waals surface area contributed by atoms with Crippen molar-refractivity contribution in [3.8, 4) is 0 Å². The van der Waals surface area contributed by atoms with Gasteiger partial charge in [-0.3, -0.25) is 9.35 Å². The van der Waals surface area contributed by atoms with Gasteiger partial charge >= 0.3 is 0 Å². The summed E-state index contributed by atoms with van der Waals surface area (Å²) in [6.07, 6.45) is 1.15. The summed E-state index contributed by atoms with van der Waals surface area (Å²) in [4.78, 5) is 0. The van der Waals surface area contributed by atoms with Crippen molar-refractivity contribution in [2.24, 2.45) is 16.8 Å². The van der Waals surface area contributed by atoms with Crippen LogP contribution in [0.3, 0.4) is 0 Å². The Kier molecular flexibility index (Phi) is 20.5. The SMILES string of the molecule is CC(C)CCN.Cl.NS(=O)[O-]. The molecule has 1 atom stereocenters. The molecule has 4 N–H and O–H groups in total. The molecule has 4 nitrogen and oxygen atoms in total. The van der Waals surface area contributed by atoms with Gasteiger partial charge in [0.15, 0.2) is 0 Å². The third-order valence-corrected chi connectivity index (χ3v) is 0.744. The second-order valence-corrected chi connectivity index (χ2v) is 2.75. The van der Waals surface area contributed by atoms with E-state index < -0.39 is 11.3 Å². The smallest absolute Gasteiger partial charge is 0.0152 e. The fourth-order valence-electron chi connectivity index (χ4n) is 0.333. The minimum Gasteiger partial charge on any atom is -0.760 e. The zero-order valence-electron chi connectivity index (χ0n) is 6.78. The summed E-state index contributed by atoms with van der Waals surface area (Å²) in [7, 11) is 0. The number of hydrogen-bond donors (Lipinski definition) is 2. The van der Waals surface area contributed by atoms with Gasteiger partial charge in [0.25, 0.3) is 0 Å². The fourth-order valence-corrected chi connectivity index (χ4v) is 0.333. The molecular formula is C5H16ClN2O2S-. The summed E-state index contributed by atoms with van der Waals surface area (Å²) in [6.45, 7) is 5.18. The van der Waals surface area contributed by atoms with Crippen LogP contribution in [0.2, 0.25) is 0 Å². The molecule has 0 spiro atoms. The van der Waals surface area contributed by atoms with E-state index in [0.717, 1.165) is 18.9 Å². The lowest BCUT2D eigenvalue weighted by Crippen LogP contribution is -2.01. The van der Waals surface area contributed by atoms with Gasteiger partial charge in [0.2, 0.25) is 0 Å². The van der Waals surface area contributed by atoms with Gasteiger partial charge in [0.05, 0.1) is 0 Å². The molecular weight excluding hydrogens is 188 g/mol. The fraction of sp³-hybridized carbons (Fsp3) is 1.00. The molecule has 0 radical (unpaired) electrons. The average Bonchev–Trinajstić information content (AvgIpc) is 1.62. The van der Waals surface area contributed by atoms with Crippen molar-refractivity contribution < 1.29 is 8.76 Å². The zero-order chi connectivity index (χ0) is 8.57. The van der Waals surface area contributed by atoms with E-state index in [0.29, 0.717) is 0 Å². The maximum atomic E-state index is 8.78. The van der Waals surface area contributed by atoms with E-state index in [1.165, 1.54) is 0 Å². The van der Waals surface area contributed by atoms with E-state index in [9.17, 15) is 0 Å². The zero-order valence-corrected chi connectivity index (χ0v) is 8.41. The van der Waals surface area contributed by atoms with Crippen LogP contribution >= 0.6 is 12.4 Å². The predicted octanol–water partition coefficient (Wildman–Crippen LogP) is 0.152. The Bertz CT molecular complexity index is 88.6. The molecule has 0 saturated heterocycles. The lowest BCUT2D eigenvalue weighted by atomic mass is 10.1. The second kappa shape index (κ2) is 12.9. The van der Waals surface area contributed by atoms with Crippen LogP contribution in [0.15, 0.2) is 0 Å². The summed E-state index contributed by atoms with van der Waals surface area (Å²) >= 11 is -2.36. The van der Waals surface area contributed by atoms with E-state index in [-0.39, 0.29) is 12.4 Å². The first-order chi connectivity index (χ1) is 4.50. The monoisotopic (exact) mass is 203 g/mol. The number of nitrogens with two attached hydrogens (primary N) is 2. The molecule has 0 aliphatic heterocycles. The Labute approximate surface area is 76.6 Å². The van der Waals surface area contributed by atoms with Gasteiger partial charge < -0.3 is 10.3 Å².